The number of anilines is 1. The molecule has 1 aliphatic carbocycles. The molecule has 9 heteroatoms. The fourth-order valence-electron chi connectivity index (χ4n) is 3.44. The Morgan fingerprint density at radius 3 is 2.53 bits per heavy atom. The molecule has 1 fully saturated rings. The number of hydrogen-bond donors (Lipinski definition) is 2. The molecule has 1 saturated carbocycles. The Morgan fingerprint density at radius 1 is 1.06 bits per heavy atom. The summed E-state index contributed by atoms with van der Waals surface area (Å²) in [6.07, 6.45) is 2.08. The lowest BCUT2D eigenvalue weighted by atomic mass is 10.2. The van der Waals surface area contributed by atoms with Gasteiger partial charge in [0.2, 0.25) is 5.91 Å². The molecule has 0 atom stereocenters. The molecule has 0 spiro atoms. The Morgan fingerprint density at radius 2 is 1.82 bits per heavy atom. The highest BCUT2D eigenvalue weighted by Gasteiger charge is 2.29. The van der Waals surface area contributed by atoms with Gasteiger partial charge < -0.3 is 20.1 Å². The summed E-state index contributed by atoms with van der Waals surface area (Å²) in [5.74, 6) is -0.815. The van der Waals surface area contributed by atoms with Crippen molar-refractivity contribution in [2.45, 2.75) is 25.7 Å². The van der Waals surface area contributed by atoms with Crippen molar-refractivity contribution in [3.63, 3.8) is 0 Å². The Hall–Kier alpha value is -4.14. The number of nitrogens with zero attached hydrogens (tertiary/aromatic N) is 2. The molecule has 0 radical (unpaired) electrons. The molecule has 9 nitrogen and oxygen atoms in total. The van der Waals surface area contributed by atoms with Crippen LogP contribution in [-0.4, -0.2) is 47.8 Å². The van der Waals surface area contributed by atoms with E-state index in [1.165, 1.54) is 11.8 Å². The average Bonchev–Trinajstić information content (AvgIpc) is 3.60. The second-order valence-corrected chi connectivity index (χ2v) is 8.08. The molecule has 0 saturated heterocycles. The van der Waals surface area contributed by atoms with E-state index in [0.29, 0.717) is 17.4 Å². The van der Waals surface area contributed by atoms with Gasteiger partial charge in [-0.3, -0.25) is 9.59 Å². The van der Waals surface area contributed by atoms with Crippen LogP contribution in [0.2, 0.25) is 0 Å². The zero-order valence-corrected chi connectivity index (χ0v) is 19.0. The predicted molar refractivity (Wildman–Crippen MR) is 125 cm³/mol. The van der Waals surface area contributed by atoms with E-state index in [1.54, 1.807) is 18.2 Å². The number of para-hydroxylation sites is 1. The second kappa shape index (κ2) is 10.2. The van der Waals surface area contributed by atoms with Crippen LogP contribution < -0.4 is 15.4 Å². The van der Waals surface area contributed by atoms with E-state index in [4.69, 9.17) is 9.47 Å². The van der Waals surface area contributed by atoms with Crippen LogP contribution in [0.15, 0.2) is 54.6 Å². The SMILES string of the molecule is COc1ccc(C)cc1NC(=O)CNC(=O)COC(=O)c1cc(C2CC2)nn1-c1ccccc1. The first-order valence-corrected chi connectivity index (χ1v) is 11.0. The third kappa shape index (κ3) is 5.61. The van der Waals surface area contributed by atoms with Crippen molar-refractivity contribution in [2.75, 3.05) is 25.6 Å². The van der Waals surface area contributed by atoms with Crippen LogP contribution in [0, 0.1) is 6.92 Å². The summed E-state index contributed by atoms with van der Waals surface area (Å²) in [6, 6.07) is 16.4. The van der Waals surface area contributed by atoms with E-state index in [0.717, 1.165) is 29.8 Å². The van der Waals surface area contributed by atoms with Crippen molar-refractivity contribution >= 4 is 23.5 Å². The minimum atomic E-state index is -0.660. The van der Waals surface area contributed by atoms with E-state index < -0.39 is 24.4 Å². The van der Waals surface area contributed by atoms with Gasteiger partial charge in [0.1, 0.15) is 5.75 Å². The molecule has 2 N–H and O–H groups in total. The molecular formula is C25H26N4O5. The lowest BCUT2D eigenvalue weighted by Gasteiger charge is -2.11. The van der Waals surface area contributed by atoms with Gasteiger partial charge >= 0.3 is 5.97 Å². The molecule has 1 aromatic heterocycles. The monoisotopic (exact) mass is 462 g/mol. The number of aromatic nitrogens is 2. The van der Waals surface area contributed by atoms with Gasteiger partial charge in [-0.15, -0.1) is 0 Å². The molecule has 4 rings (SSSR count). The van der Waals surface area contributed by atoms with Crippen molar-refractivity contribution < 1.29 is 23.9 Å². The number of aryl methyl sites for hydroxylation is 1. The summed E-state index contributed by atoms with van der Waals surface area (Å²) in [6.45, 7) is 1.10. The van der Waals surface area contributed by atoms with Crippen molar-refractivity contribution in [2.24, 2.45) is 0 Å². The van der Waals surface area contributed by atoms with Crippen LogP contribution in [0.4, 0.5) is 5.69 Å². The summed E-state index contributed by atoms with van der Waals surface area (Å²) in [5, 5.41) is 9.71. The summed E-state index contributed by atoms with van der Waals surface area (Å²) in [5.41, 5.74) is 3.28. The maximum absolute atomic E-state index is 12.7. The van der Waals surface area contributed by atoms with Crippen molar-refractivity contribution in [3.05, 3.63) is 71.5 Å². The first-order chi connectivity index (χ1) is 16.4. The van der Waals surface area contributed by atoms with Crippen LogP contribution in [0.3, 0.4) is 0 Å². The Bertz CT molecular complexity index is 1200. The molecular weight excluding hydrogens is 436 g/mol. The average molecular weight is 463 g/mol. The number of esters is 1. The number of hydrogen-bond acceptors (Lipinski definition) is 6. The van der Waals surface area contributed by atoms with E-state index >= 15 is 0 Å². The van der Waals surface area contributed by atoms with E-state index in [-0.39, 0.29) is 12.2 Å². The topological polar surface area (TPSA) is 112 Å². The first-order valence-electron chi connectivity index (χ1n) is 11.0. The Kier molecular flexibility index (Phi) is 6.91. The van der Waals surface area contributed by atoms with E-state index in [9.17, 15) is 14.4 Å². The van der Waals surface area contributed by atoms with E-state index in [1.807, 2.05) is 43.3 Å². The highest BCUT2D eigenvalue weighted by atomic mass is 16.5. The summed E-state index contributed by atoms with van der Waals surface area (Å²) in [4.78, 5) is 37.1. The number of amides is 2. The smallest absolute Gasteiger partial charge is 0.357 e. The maximum Gasteiger partial charge on any atom is 0.357 e. The molecule has 1 aliphatic rings. The molecule has 2 aromatic carbocycles. The second-order valence-electron chi connectivity index (χ2n) is 8.08. The first kappa shape index (κ1) is 23.0. The van der Waals surface area contributed by atoms with Gasteiger partial charge in [0.05, 0.1) is 30.7 Å². The molecule has 3 aromatic rings. The summed E-state index contributed by atoms with van der Waals surface area (Å²) >= 11 is 0. The molecule has 176 valence electrons. The molecule has 0 bridgehead atoms. The van der Waals surface area contributed by atoms with Crippen LogP contribution in [0.5, 0.6) is 5.75 Å². The fourth-order valence-corrected chi connectivity index (χ4v) is 3.44. The van der Waals surface area contributed by atoms with Crippen molar-refractivity contribution in [1.82, 2.24) is 15.1 Å². The van der Waals surface area contributed by atoms with Crippen LogP contribution in [0.25, 0.3) is 5.69 Å². The normalized spacial score (nSPS) is 12.6. The van der Waals surface area contributed by atoms with Gasteiger partial charge in [-0.25, -0.2) is 9.48 Å². The molecule has 2 amide bonds. The lowest BCUT2D eigenvalue weighted by Crippen LogP contribution is -2.35. The van der Waals surface area contributed by atoms with Gasteiger partial charge in [-0.2, -0.15) is 5.10 Å². The summed E-state index contributed by atoms with van der Waals surface area (Å²) < 4.78 is 12.0. The van der Waals surface area contributed by atoms with Gasteiger partial charge in [0.15, 0.2) is 12.3 Å². The number of rotatable bonds is 9. The predicted octanol–water partition coefficient (Wildman–Crippen LogP) is 2.98. The van der Waals surface area contributed by atoms with Crippen LogP contribution in [-0.2, 0) is 14.3 Å². The quantitative estimate of drug-likeness (QED) is 0.473. The maximum atomic E-state index is 12.7. The van der Waals surface area contributed by atoms with Gasteiger partial charge in [-0.05, 0) is 55.7 Å². The number of carbonyl (C=O) groups excluding carboxylic acids is 3. The van der Waals surface area contributed by atoms with Gasteiger partial charge in [0.25, 0.3) is 5.91 Å². The third-order valence-electron chi connectivity index (χ3n) is 5.34. The Balaban J connectivity index is 1.32. The van der Waals surface area contributed by atoms with Crippen molar-refractivity contribution in [3.8, 4) is 11.4 Å². The zero-order chi connectivity index (χ0) is 24.1. The number of methoxy groups -OCH3 is 1. The highest BCUT2D eigenvalue weighted by molar-refractivity contribution is 5.96. The minimum absolute atomic E-state index is 0.255. The number of ether oxygens (including phenoxy) is 2. The largest absolute Gasteiger partial charge is 0.495 e. The zero-order valence-electron chi connectivity index (χ0n) is 19.0. The van der Waals surface area contributed by atoms with Crippen LogP contribution >= 0.6 is 0 Å². The van der Waals surface area contributed by atoms with Gasteiger partial charge in [-0.1, -0.05) is 24.3 Å². The standard InChI is InChI=1S/C25H26N4O5/c1-16-8-11-22(33-2)20(12-16)27-23(30)14-26-24(31)15-34-25(32)21-13-19(17-9-10-17)28-29(21)18-6-4-3-5-7-18/h3-8,11-13,17H,9-10,14-15H2,1-2H3,(H,26,31)(H,27,30). The number of carbonyl (C=O) groups is 3. The number of nitrogens with one attached hydrogen (secondary N) is 2. The van der Waals surface area contributed by atoms with Crippen LogP contribution in [0.1, 0.15) is 40.5 Å². The fraction of sp³-hybridized carbons (Fsp3) is 0.280. The van der Waals surface area contributed by atoms with Gasteiger partial charge in [0, 0.05) is 5.92 Å². The van der Waals surface area contributed by atoms with Crippen molar-refractivity contribution in [1.29, 1.82) is 0 Å². The Labute approximate surface area is 197 Å². The molecule has 0 aliphatic heterocycles. The van der Waals surface area contributed by atoms with E-state index in [2.05, 4.69) is 15.7 Å². The number of benzene rings is 2. The molecule has 0 unspecified atom stereocenters. The molecule has 34 heavy (non-hydrogen) atoms. The lowest BCUT2D eigenvalue weighted by molar-refractivity contribution is -0.126. The highest BCUT2D eigenvalue weighted by Crippen LogP contribution is 2.39. The minimum Gasteiger partial charge on any atom is -0.495 e. The molecule has 1 heterocycles. The summed E-state index contributed by atoms with van der Waals surface area (Å²) in [7, 11) is 1.51. The third-order valence-corrected chi connectivity index (χ3v) is 5.34.